The number of carbonyl (C=O) groups is 1. The van der Waals surface area contributed by atoms with Gasteiger partial charge in [0.25, 0.3) is 0 Å². The van der Waals surface area contributed by atoms with Gasteiger partial charge in [0.2, 0.25) is 0 Å². The van der Waals surface area contributed by atoms with Crippen LogP contribution in [0, 0.1) is 0 Å². The SMILES string of the molecule is CCCCOC(=O)/C=C(\C)C(C)Sc1ccccc1. The fraction of sp³-hybridized carbons (Fsp3) is 0.438. The van der Waals surface area contributed by atoms with Gasteiger partial charge in [-0.3, -0.25) is 0 Å². The fourth-order valence-corrected chi connectivity index (χ4v) is 2.43. The number of hydrogen-bond acceptors (Lipinski definition) is 3. The van der Waals surface area contributed by atoms with Crippen LogP contribution < -0.4 is 0 Å². The van der Waals surface area contributed by atoms with Crippen molar-refractivity contribution < 1.29 is 9.53 Å². The highest BCUT2D eigenvalue weighted by atomic mass is 32.2. The van der Waals surface area contributed by atoms with E-state index in [1.54, 1.807) is 17.8 Å². The van der Waals surface area contributed by atoms with Crippen LogP contribution in [0.25, 0.3) is 0 Å². The van der Waals surface area contributed by atoms with Crippen molar-refractivity contribution in [1.82, 2.24) is 0 Å². The number of benzene rings is 1. The predicted molar refractivity (Wildman–Crippen MR) is 81.4 cm³/mol. The van der Waals surface area contributed by atoms with Crippen LogP contribution in [0.5, 0.6) is 0 Å². The average molecular weight is 278 g/mol. The summed E-state index contributed by atoms with van der Waals surface area (Å²) in [6.45, 7) is 6.66. The maximum atomic E-state index is 11.6. The lowest BCUT2D eigenvalue weighted by molar-refractivity contribution is -0.137. The van der Waals surface area contributed by atoms with Crippen LogP contribution in [-0.2, 0) is 9.53 Å². The molecule has 1 unspecified atom stereocenters. The second-order valence-electron chi connectivity index (χ2n) is 4.48. The molecule has 104 valence electrons. The summed E-state index contributed by atoms with van der Waals surface area (Å²) < 4.78 is 5.13. The lowest BCUT2D eigenvalue weighted by atomic mass is 10.2. The molecule has 1 rings (SSSR count). The Balaban J connectivity index is 2.47. The summed E-state index contributed by atoms with van der Waals surface area (Å²) in [6.07, 6.45) is 3.57. The van der Waals surface area contributed by atoms with Crippen LogP contribution in [-0.4, -0.2) is 17.8 Å². The molecular formula is C16H22O2S. The van der Waals surface area contributed by atoms with Gasteiger partial charge >= 0.3 is 5.97 Å². The van der Waals surface area contributed by atoms with Crippen molar-refractivity contribution in [2.75, 3.05) is 6.61 Å². The van der Waals surface area contributed by atoms with Crippen LogP contribution in [0.2, 0.25) is 0 Å². The van der Waals surface area contributed by atoms with E-state index in [0.717, 1.165) is 18.4 Å². The van der Waals surface area contributed by atoms with E-state index in [0.29, 0.717) is 6.61 Å². The van der Waals surface area contributed by atoms with Crippen molar-refractivity contribution in [3.63, 3.8) is 0 Å². The molecule has 0 aromatic heterocycles. The zero-order chi connectivity index (χ0) is 14.1. The summed E-state index contributed by atoms with van der Waals surface area (Å²) >= 11 is 1.75. The first-order valence-electron chi connectivity index (χ1n) is 6.70. The zero-order valence-corrected chi connectivity index (χ0v) is 12.7. The standard InChI is InChI=1S/C16H22O2S/c1-4-5-11-18-16(17)12-13(2)14(3)19-15-9-7-6-8-10-15/h6-10,12,14H,4-5,11H2,1-3H3/b13-12+. The lowest BCUT2D eigenvalue weighted by Crippen LogP contribution is -2.06. The molecule has 1 aromatic rings. The van der Waals surface area contributed by atoms with Gasteiger partial charge in [-0.25, -0.2) is 4.79 Å². The second-order valence-corrected chi connectivity index (χ2v) is 5.90. The monoisotopic (exact) mass is 278 g/mol. The number of esters is 1. The molecule has 2 nitrogen and oxygen atoms in total. The fourth-order valence-electron chi connectivity index (χ4n) is 1.46. The third-order valence-electron chi connectivity index (χ3n) is 2.79. The quantitative estimate of drug-likeness (QED) is 0.319. The highest BCUT2D eigenvalue weighted by Crippen LogP contribution is 2.27. The minimum atomic E-state index is -0.230. The Morgan fingerprint density at radius 2 is 2.05 bits per heavy atom. The highest BCUT2D eigenvalue weighted by Gasteiger charge is 2.08. The topological polar surface area (TPSA) is 26.3 Å². The molecule has 19 heavy (non-hydrogen) atoms. The van der Waals surface area contributed by atoms with Gasteiger partial charge in [0, 0.05) is 16.2 Å². The molecule has 3 heteroatoms. The Morgan fingerprint density at radius 1 is 1.37 bits per heavy atom. The third-order valence-corrected chi connectivity index (χ3v) is 4.05. The molecule has 0 spiro atoms. The van der Waals surface area contributed by atoms with E-state index in [4.69, 9.17) is 4.74 Å². The Hall–Kier alpha value is -1.22. The van der Waals surface area contributed by atoms with Crippen LogP contribution in [0.3, 0.4) is 0 Å². The number of unbranched alkanes of at least 4 members (excludes halogenated alkanes) is 1. The average Bonchev–Trinajstić information content (AvgIpc) is 2.40. The van der Waals surface area contributed by atoms with E-state index in [2.05, 4.69) is 26.0 Å². The molecule has 0 bridgehead atoms. The van der Waals surface area contributed by atoms with Crippen molar-refractivity contribution in [3.05, 3.63) is 42.0 Å². The summed E-state index contributed by atoms with van der Waals surface area (Å²) in [7, 11) is 0. The number of hydrogen-bond donors (Lipinski definition) is 0. The lowest BCUT2D eigenvalue weighted by Gasteiger charge is -2.11. The number of ether oxygens (including phenoxy) is 1. The van der Waals surface area contributed by atoms with Crippen molar-refractivity contribution in [3.8, 4) is 0 Å². The Kier molecular flexibility index (Phi) is 7.34. The van der Waals surface area contributed by atoms with E-state index in [9.17, 15) is 4.79 Å². The summed E-state index contributed by atoms with van der Waals surface area (Å²) in [6, 6.07) is 10.2. The van der Waals surface area contributed by atoms with Gasteiger partial charge < -0.3 is 4.74 Å². The van der Waals surface area contributed by atoms with Crippen molar-refractivity contribution >= 4 is 17.7 Å². The first-order chi connectivity index (χ1) is 9.13. The first-order valence-corrected chi connectivity index (χ1v) is 7.58. The van der Waals surface area contributed by atoms with Crippen molar-refractivity contribution in [2.45, 2.75) is 43.8 Å². The van der Waals surface area contributed by atoms with Crippen LogP contribution in [0.4, 0.5) is 0 Å². The van der Waals surface area contributed by atoms with E-state index >= 15 is 0 Å². The molecule has 0 amide bonds. The summed E-state index contributed by atoms with van der Waals surface area (Å²) in [4.78, 5) is 12.8. The molecule has 1 aromatic carbocycles. The Bertz CT molecular complexity index is 412. The van der Waals surface area contributed by atoms with Crippen LogP contribution >= 0.6 is 11.8 Å². The van der Waals surface area contributed by atoms with Gasteiger partial charge in [0.1, 0.15) is 0 Å². The van der Waals surface area contributed by atoms with E-state index < -0.39 is 0 Å². The largest absolute Gasteiger partial charge is 0.463 e. The molecule has 0 fully saturated rings. The summed E-state index contributed by atoms with van der Waals surface area (Å²) in [5, 5.41) is 0.265. The predicted octanol–water partition coefficient (Wildman–Crippen LogP) is 4.46. The van der Waals surface area contributed by atoms with Crippen molar-refractivity contribution in [1.29, 1.82) is 0 Å². The van der Waals surface area contributed by atoms with Gasteiger partial charge in [-0.15, -0.1) is 11.8 Å². The summed E-state index contributed by atoms with van der Waals surface area (Å²) in [5.74, 6) is -0.230. The highest BCUT2D eigenvalue weighted by molar-refractivity contribution is 8.00. The van der Waals surface area contributed by atoms with E-state index in [1.165, 1.54) is 4.90 Å². The van der Waals surface area contributed by atoms with E-state index in [1.807, 2.05) is 25.1 Å². The summed E-state index contributed by atoms with van der Waals surface area (Å²) in [5.41, 5.74) is 1.04. The Morgan fingerprint density at radius 3 is 2.68 bits per heavy atom. The molecule has 0 aliphatic heterocycles. The number of carbonyl (C=O) groups excluding carboxylic acids is 1. The second kappa shape index (κ2) is 8.81. The number of thioether (sulfide) groups is 1. The molecular weight excluding hydrogens is 256 g/mol. The molecule has 0 N–H and O–H groups in total. The minimum absolute atomic E-state index is 0.230. The molecule has 0 saturated carbocycles. The zero-order valence-electron chi connectivity index (χ0n) is 11.9. The van der Waals surface area contributed by atoms with E-state index in [-0.39, 0.29) is 11.2 Å². The third kappa shape index (κ3) is 6.48. The van der Waals surface area contributed by atoms with Crippen LogP contribution in [0.15, 0.2) is 46.9 Å². The molecule has 0 heterocycles. The van der Waals surface area contributed by atoms with Gasteiger partial charge in [0.05, 0.1) is 6.61 Å². The minimum Gasteiger partial charge on any atom is -0.463 e. The maximum Gasteiger partial charge on any atom is 0.330 e. The molecule has 0 aliphatic rings. The van der Waals surface area contributed by atoms with Gasteiger partial charge in [-0.2, -0.15) is 0 Å². The smallest absolute Gasteiger partial charge is 0.330 e. The first kappa shape index (κ1) is 15.8. The molecule has 0 saturated heterocycles. The molecule has 1 atom stereocenters. The molecule has 0 radical (unpaired) electrons. The van der Waals surface area contributed by atoms with Gasteiger partial charge in [0.15, 0.2) is 0 Å². The number of rotatable bonds is 7. The van der Waals surface area contributed by atoms with Gasteiger partial charge in [-0.05, 0) is 32.4 Å². The molecule has 0 aliphatic carbocycles. The van der Waals surface area contributed by atoms with Crippen molar-refractivity contribution in [2.24, 2.45) is 0 Å². The van der Waals surface area contributed by atoms with Gasteiger partial charge in [-0.1, -0.05) is 37.1 Å². The normalized spacial score (nSPS) is 13.1. The maximum absolute atomic E-state index is 11.6. The van der Waals surface area contributed by atoms with Crippen LogP contribution in [0.1, 0.15) is 33.6 Å². The Labute approximate surface area is 120 Å².